The quantitative estimate of drug-likeness (QED) is 0.786. The van der Waals surface area contributed by atoms with Gasteiger partial charge >= 0.3 is 0 Å². The van der Waals surface area contributed by atoms with Gasteiger partial charge in [0.1, 0.15) is 11.6 Å². The number of nitrogens with zero attached hydrogens (tertiary/aromatic N) is 3. The van der Waals surface area contributed by atoms with Crippen LogP contribution in [0.5, 0.6) is 5.88 Å². The number of anilines is 1. The topological polar surface area (TPSA) is 84.4 Å². The Bertz CT molecular complexity index is 517. The molecule has 1 aromatic heterocycles. The minimum atomic E-state index is -3.20. The van der Waals surface area contributed by atoms with Crippen LogP contribution in [0.3, 0.4) is 0 Å². The molecule has 0 amide bonds. The summed E-state index contributed by atoms with van der Waals surface area (Å²) in [5, 5.41) is 2.96. The van der Waals surface area contributed by atoms with Gasteiger partial charge in [-0.3, -0.25) is 0 Å². The van der Waals surface area contributed by atoms with Crippen LogP contribution in [0.4, 0.5) is 5.82 Å². The van der Waals surface area contributed by atoms with Crippen LogP contribution in [-0.4, -0.2) is 55.7 Å². The molecule has 0 bridgehead atoms. The largest absolute Gasteiger partial charge is 0.478 e. The molecule has 1 N–H and O–H groups in total. The fourth-order valence-corrected chi connectivity index (χ4v) is 2.07. The highest BCUT2D eigenvalue weighted by Gasteiger charge is 2.13. The highest BCUT2D eigenvalue weighted by atomic mass is 32.2. The van der Waals surface area contributed by atoms with Gasteiger partial charge in [0, 0.05) is 26.7 Å². The van der Waals surface area contributed by atoms with Crippen LogP contribution >= 0.6 is 0 Å². The molecule has 1 rings (SSSR count). The molecule has 7 nitrogen and oxygen atoms in total. The number of ether oxygens (including phenoxy) is 1. The van der Waals surface area contributed by atoms with Gasteiger partial charge in [-0.1, -0.05) is 0 Å². The van der Waals surface area contributed by atoms with E-state index in [1.807, 2.05) is 6.92 Å². The minimum Gasteiger partial charge on any atom is -0.478 e. The van der Waals surface area contributed by atoms with Crippen molar-refractivity contribution in [3.8, 4) is 5.88 Å². The third-order valence-corrected chi connectivity index (χ3v) is 4.16. The van der Waals surface area contributed by atoms with E-state index in [0.29, 0.717) is 24.1 Å². The molecule has 1 aromatic rings. The van der Waals surface area contributed by atoms with Gasteiger partial charge in [0.05, 0.1) is 12.4 Å². The first-order valence-electron chi connectivity index (χ1n) is 5.97. The van der Waals surface area contributed by atoms with E-state index >= 15 is 0 Å². The van der Waals surface area contributed by atoms with Crippen molar-refractivity contribution < 1.29 is 13.2 Å². The molecule has 0 aliphatic carbocycles. The lowest BCUT2D eigenvalue weighted by Gasteiger charge is -2.12. The first-order chi connectivity index (χ1) is 8.85. The Labute approximate surface area is 114 Å². The summed E-state index contributed by atoms with van der Waals surface area (Å²) in [5.41, 5.74) is 0. The second-order valence-corrected chi connectivity index (χ2v) is 6.40. The fourth-order valence-electron chi connectivity index (χ4n) is 1.34. The normalized spacial score (nSPS) is 11.6. The van der Waals surface area contributed by atoms with Crippen LogP contribution in [-0.2, 0) is 10.0 Å². The van der Waals surface area contributed by atoms with Crippen molar-refractivity contribution in [2.75, 3.05) is 38.3 Å². The van der Waals surface area contributed by atoms with Gasteiger partial charge in [-0.2, -0.15) is 4.98 Å². The monoisotopic (exact) mass is 288 g/mol. The zero-order chi connectivity index (χ0) is 14.5. The number of aryl methyl sites for hydroxylation is 1. The highest BCUT2D eigenvalue weighted by molar-refractivity contribution is 7.89. The fraction of sp³-hybridized carbons (Fsp3) is 0.636. The van der Waals surface area contributed by atoms with Gasteiger partial charge in [0.15, 0.2) is 0 Å². The zero-order valence-corrected chi connectivity index (χ0v) is 12.5. The number of hydrogen-bond acceptors (Lipinski definition) is 6. The summed E-state index contributed by atoms with van der Waals surface area (Å²) in [7, 11) is -0.180. The maximum Gasteiger partial charge on any atom is 0.218 e. The SMILES string of the molecule is CCOc1cc(NCCS(=O)(=O)N(C)C)nc(C)n1. The first kappa shape index (κ1) is 15.6. The van der Waals surface area contributed by atoms with Crippen LogP contribution < -0.4 is 10.1 Å². The van der Waals surface area contributed by atoms with E-state index in [4.69, 9.17) is 4.74 Å². The smallest absolute Gasteiger partial charge is 0.218 e. The summed E-state index contributed by atoms with van der Waals surface area (Å²) in [6, 6.07) is 1.65. The molecular weight excluding hydrogens is 268 g/mol. The molecule has 8 heteroatoms. The van der Waals surface area contributed by atoms with Gasteiger partial charge < -0.3 is 10.1 Å². The predicted molar refractivity (Wildman–Crippen MR) is 73.9 cm³/mol. The number of sulfonamides is 1. The van der Waals surface area contributed by atoms with E-state index in [0.717, 1.165) is 0 Å². The van der Waals surface area contributed by atoms with Gasteiger partial charge in [-0.05, 0) is 13.8 Å². The highest BCUT2D eigenvalue weighted by Crippen LogP contribution is 2.13. The van der Waals surface area contributed by atoms with Crippen molar-refractivity contribution >= 4 is 15.8 Å². The summed E-state index contributed by atoms with van der Waals surface area (Å²) in [6.07, 6.45) is 0. The van der Waals surface area contributed by atoms with Crippen molar-refractivity contribution in [3.63, 3.8) is 0 Å². The standard InChI is InChI=1S/C11H20N4O3S/c1-5-18-11-8-10(13-9(2)14-11)12-6-7-19(16,17)15(3)4/h8H,5-7H2,1-4H3,(H,12,13,14). The Morgan fingerprint density at radius 3 is 2.63 bits per heavy atom. The maximum atomic E-state index is 11.6. The van der Waals surface area contributed by atoms with Crippen LogP contribution in [0.2, 0.25) is 0 Å². The Morgan fingerprint density at radius 2 is 2.05 bits per heavy atom. The molecule has 1 heterocycles. The lowest BCUT2D eigenvalue weighted by atomic mass is 10.5. The molecule has 0 unspecified atom stereocenters. The van der Waals surface area contributed by atoms with E-state index in [9.17, 15) is 8.42 Å². The molecule has 0 aliphatic heterocycles. The third kappa shape index (κ3) is 4.99. The summed E-state index contributed by atoms with van der Waals surface area (Å²) in [4.78, 5) is 8.28. The van der Waals surface area contributed by atoms with Crippen molar-refractivity contribution in [1.29, 1.82) is 0 Å². The molecule has 19 heavy (non-hydrogen) atoms. The molecule has 108 valence electrons. The van der Waals surface area contributed by atoms with Gasteiger partial charge in [-0.25, -0.2) is 17.7 Å². The van der Waals surface area contributed by atoms with Gasteiger partial charge in [-0.15, -0.1) is 0 Å². The molecule has 0 fully saturated rings. The Hall–Kier alpha value is -1.41. The third-order valence-electron chi connectivity index (χ3n) is 2.33. The molecule has 0 aromatic carbocycles. The van der Waals surface area contributed by atoms with Crippen LogP contribution in [0.25, 0.3) is 0 Å². The van der Waals surface area contributed by atoms with E-state index in [2.05, 4.69) is 15.3 Å². The minimum absolute atomic E-state index is 0.00696. The maximum absolute atomic E-state index is 11.6. The van der Waals surface area contributed by atoms with Crippen LogP contribution in [0.1, 0.15) is 12.7 Å². The molecule has 0 saturated carbocycles. The zero-order valence-electron chi connectivity index (χ0n) is 11.7. The Morgan fingerprint density at radius 1 is 1.37 bits per heavy atom. The summed E-state index contributed by atoms with van der Waals surface area (Å²) in [6.45, 7) is 4.42. The van der Waals surface area contributed by atoms with Gasteiger partial charge in [0.2, 0.25) is 15.9 Å². The first-order valence-corrected chi connectivity index (χ1v) is 7.58. The van der Waals surface area contributed by atoms with Crippen molar-refractivity contribution in [1.82, 2.24) is 14.3 Å². The molecule has 0 radical (unpaired) electrons. The van der Waals surface area contributed by atoms with Gasteiger partial charge in [0.25, 0.3) is 0 Å². The number of hydrogen-bond donors (Lipinski definition) is 1. The van der Waals surface area contributed by atoms with E-state index in [1.165, 1.54) is 18.4 Å². The van der Waals surface area contributed by atoms with Crippen molar-refractivity contribution in [2.45, 2.75) is 13.8 Å². The predicted octanol–water partition coefficient (Wildman–Crippen LogP) is 0.487. The summed E-state index contributed by atoms with van der Waals surface area (Å²) >= 11 is 0. The van der Waals surface area contributed by atoms with Crippen molar-refractivity contribution in [2.24, 2.45) is 0 Å². The second kappa shape index (κ2) is 6.67. The number of aromatic nitrogens is 2. The molecular formula is C11H20N4O3S. The average molecular weight is 288 g/mol. The number of nitrogens with one attached hydrogen (secondary N) is 1. The second-order valence-electron chi connectivity index (χ2n) is 4.10. The number of rotatable bonds is 7. The van der Waals surface area contributed by atoms with Crippen LogP contribution in [0, 0.1) is 6.92 Å². The molecule has 0 spiro atoms. The average Bonchev–Trinajstić information content (AvgIpc) is 2.28. The summed E-state index contributed by atoms with van der Waals surface area (Å²) < 4.78 is 29.7. The Balaban J connectivity index is 2.63. The van der Waals surface area contributed by atoms with Crippen LogP contribution in [0.15, 0.2) is 6.07 Å². The molecule has 0 saturated heterocycles. The lowest BCUT2D eigenvalue weighted by Crippen LogP contribution is -2.28. The van der Waals surface area contributed by atoms with E-state index < -0.39 is 10.0 Å². The van der Waals surface area contributed by atoms with Crippen molar-refractivity contribution in [3.05, 3.63) is 11.9 Å². The Kier molecular flexibility index (Phi) is 5.49. The lowest BCUT2D eigenvalue weighted by molar-refractivity contribution is 0.325. The molecule has 0 aliphatic rings. The van der Waals surface area contributed by atoms with E-state index in [1.54, 1.807) is 13.0 Å². The summed E-state index contributed by atoms with van der Waals surface area (Å²) in [5.74, 6) is 1.62. The molecule has 0 atom stereocenters. The van der Waals surface area contributed by atoms with E-state index in [-0.39, 0.29) is 12.3 Å².